The largest absolute Gasteiger partial charge is 0.454 e. The van der Waals surface area contributed by atoms with Gasteiger partial charge in [0.25, 0.3) is 0 Å². The van der Waals surface area contributed by atoms with E-state index in [-0.39, 0.29) is 12.6 Å². The molecule has 3 rings (SSSR count). The van der Waals surface area contributed by atoms with Crippen LogP contribution in [-0.4, -0.2) is 24.5 Å². The highest BCUT2D eigenvalue weighted by atomic mass is 16.7. The molecule has 0 bridgehead atoms. The molecule has 4 nitrogen and oxygen atoms in total. The first kappa shape index (κ1) is 9.93. The Bertz CT molecular complexity index is 390. The van der Waals surface area contributed by atoms with Crippen LogP contribution < -0.4 is 14.8 Å². The predicted octanol–water partition coefficient (Wildman–Crippen LogP) is 1.20. The lowest BCUT2D eigenvalue weighted by Gasteiger charge is -2.16. The molecule has 0 spiro atoms. The highest BCUT2D eigenvalue weighted by Gasteiger charge is 2.26. The molecule has 1 unspecified atom stereocenters. The van der Waals surface area contributed by atoms with Crippen molar-refractivity contribution in [3.63, 3.8) is 0 Å². The number of aliphatic hydroxyl groups excluding tert-OH is 1. The van der Waals surface area contributed by atoms with Gasteiger partial charge in [-0.2, -0.15) is 0 Å². The molecule has 2 aliphatic rings. The Hall–Kier alpha value is -1.26. The third kappa shape index (κ3) is 1.86. The molecule has 4 heteroatoms. The van der Waals surface area contributed by atoms with E-state index in [1.165, 1.54) is 12.8 Å². The van der Waals surface area contributed by atoms with E-state index in [2.05, 4.69) is 5.32 Å². The fourth-order valence-electron chi connectivity index (χ4n) is 1.92. The number of ether oxygens (including phenoxy) is 2. The van der Waals surface area contributed by atoms with Crippen LogP contribution in [0.1, 0.15) is 24.4 Å². The van der Waals surface area contributed by atoms with Crippen LogP contribution in [-0.2, 0) is 0 Å². The predicted molar refractivity (Wildman–Crippen MR) is 58.5 cm³/mol. The van der Waals surface area contributed by atoms with Gasteiger partial charge in [-0.15, -0.1) is 0 Å². The quantitative estimate of drug-likeness (QED) is 0.802. The summed E-state index contributed by atoms with van der Waals surface area (Å²) in [7, 11) is 0. The van der Waals surface area contributed by atoms with Crippen LogP contribution in [0.25, 0.3) is 0 Å². The molecule has 16 heavy (non-hydrogen) atoms. The van der Waals surface area contributed by atoms with E-state index in [9.17, 15) is 5.11 Å². The summed E-state index contributed by atoms with van der Waals surface area (Å²) in [5.74, 6) is 1.56. The summed E-state index contributed by atoms with van der Waals surface area (Å²) in [5.41, 5.74) is 1.05. The van der Waals surface area contributed by atoms with Crippen molar-refractivity contribution < 1.29 is 14.6 Å². The van der Waals surface area contributed by atoms with Gasteiger partial charge in [-0.05, 0) is 30.5 Å². The SMILES string of the molecule is OCC(NC1CC1)c1ccc2c(c1)OCO2. The molecule has 1 aromatic carbocycles. The number of hydrogen-bond acceptors (Lipinski definition) is 4. The number of hydrogen-bond donors (Lipinski definition) is 2. The summed E-state index contributed by atoms with van der Waals surface area (Å²) in [6.07, 6.45) is 2.42. The molecule has 0 saturated heterocycles. The normalized spacial score (nSPS) is 19.8. The molecule has 1 aliphatic heterocycles. The average Bonchev–Trinajstić information content (AvgIpc) is 3.01. The van der Waals surface area contributed by atoms with Crippen LogP contribution in [0.15, 0.2) is 18.2 Å². The van der Waals surface area contributed by atoms with Crippen molar-refractivity contribution in [2.45, 2.75) is 24.9 Å². The van der Waals surface area contributed by atoms with Crippen molar-refractivity contribution in [2.24, 2.45) is 0 Å². The Morgan fingerprint density at radius 3 is 2.88 bits per heavy atom. The first-order valence-electron chi connectivity index (χ1n) is 5.63. The van der Waals surface area contributed by atoms with Crippen LogP contribution in [0.4, 0.5) is 0 Å². The van der Waals surface area contributed by atoms with Crippen molar-refractivity contribution in [2.75, 3.05) is 13.4 Å². The number of fused-ring (bicyclic) bond motifs is 1. The Kier molecular flexibility index (Phi) is 2.46. The second kappa shape index (κ2) is 3.96. The van der Waals surface area contributed by atoms with E-state index in [1.54, 1.807) is 0 Å². The van der Waals surface area contributed by atoms with Crippen LogP contribution >= 0.6 is 0 Å². The first-order chi connectivity index (χ1) is 7.86. The topological polar surface area (TPSA) is 50.7 Å². The zero-order valence-corrected chi connectivity index (χ0v) is 8.98. The minimum absolute atomic E-state index is 0.00185. The maximum Gasteiger partial charge on any atom is 0.231 e. The number of aliphatic hydroxyl groups is 1. The van der Waals surface area contributed by atoms with Crippen molar-refractivity contribution >= 4 is 0 Å². The van der Waals surface area contributed by atoms with Crippen molar-refractivity contribution in [1.29, 1.82) is 0 Å². The highest BCUT2D eigenvalue weighted by Crippen LogP contribution is 2.34. The van der Waals surface area contributed by atoms with Gasteiger partial charge in [-0.1, -0.05) is 6.07 Å². The van der Waals surface area contributed by atoms with Crippen molar-refractivity contribution in [1.82, 2.24) is 5.32 Å². The molecule has 1 heterocycles. The number of rotatable bonds is 4. The Labute approximate surface area is 94.2 Å². The van der Waals surface area contributed by atoms with E-state index in [0.717, 1.165) is 17.1 Å². The van der Waals surface area contributed by atoms with Gasteiger partial charge in [0.05, 0.1) is 12.6 Å². The molecule has 0 aromatic heterocycles. The van der Waals surface area contributed by atoms with Crippen LogP contribution in [0, 0.1) is 0 Å². The molecule has 1 fully saturated rings. The molecule has 1 atom stereocenters. The van der Waals surface area contributed by atoms with E-state index < -0.39 is 0 Å². The smallest absolute Gasteiger partial charge is 0.231 e. The molecule has 1 saturated carbocycles. The molecule has 0 radical (unpaired) electrons. The zero-order chi connectivity index (χ0) is 11.0. The third-order valence-corrected chi connectivity index (χ3v) is 3.00. The zero-order valence-electron chi connectivity index (χ0n) is 8.98. The number of benzene rings is 1. The van der Waals surface area contributed by atoms with Crippen LogP contribution in [0.2, 0.25) is 0 Å². The molecular weight excluding hydrogens is 206 g/mol. The van der Waals surface area contributed by atoms with E-state index >= 15 is 0 Å². The lowest BCUT2D eigenvalue weighted by Crippen LogP contribution is -2.26. The van der Waals surface area contributed by atoms with Crippen LogP contribution in [0.5, 0.6) is 11.5 Å². The monoisotopic (exact) mass is 221 g/mol. The highest BCUT2D eigenvalue weighted by molar-refractivity contribution is 5.45. The minimum Gasteiger partial charge on any atom is -0.454 e. The fraction of sp³-hybridized carbons (Fsp3) is 0.500. The number of nitrogens with one attached hydrogen (secondary N) is 1. The van der Waals surface area contributed by atoms with Gasteiger partial charge >= 0.3 is 0 Å². The molecule has 86 valence electrons. The standard InChI is InChI=1S/C12H15NO3/c14-6-10(13-9-2-3-9)8-1-4-11-12(5-8)16-7-15-11/h1,4-5,9-10,13-14H,2-3,6-7H2. The van der Waals surface area contributed by atoms with Gasteiger partial charge in [-0.3, -0.25) is 0 Å². The summed E-state index contributed by atoms with van der Waals surface area (Å²) in [4.78, 5) is 0. The Morgan fingerprint density at radius 1 is 1.31 bits per heavy atom. The fourth-order valence-corrected chi connectivity index (χ4v) is 1.92. The summed E-state index contributed by atoms with van der Waals surface area (Å²) < 4.78 is 10.6. The minimum atomic E-state index is 0.00185. The molecular formula is C12H15NO3. The van der Waals surface area contributed by atoms with Gasteiger partial charge in [0.15, 0.2) is 11.5 Å². The van der Waals surface area contributed by atoms with Crippen molar-refractivity contribution in [3.8, 4) is 11.5 Å². The Balaban J connectivity index is 1.80. The van der Waals surface area contributed by atoms with Gasteiger partial charge in [0, 0.05) is 6.04 Å². The third-order valence-electron chi connectivity index (χ3n) is 3.00. The van der Waals surface area contributed by atoms with E-state index in [0.29, 0.717) is 12.8 Å². The summed E-state index contributed by atoms with van der Waals surface area (Å²) in [5, 5.41) is 12.8. The second-order valence-electron chi connectivity index (χ2n) is 4.29. The summed E-state index contributed by atoms with van der Waals surface area (Å²) >= 11 is 0. The van der Waals surface area contributed by atoms with E-state index in [1.807, 2.05) is 18.2 Å². The van der Waals surface area contributed by atoms with Crippen LogP contribution in [0.3, 0.4) is 0 Å². The van der Waals surface area contributed by atoms with Gasteiger partial charge in [0.2, 0.25) is 6.79 Å². The first-order valence-corrected chi connectivity index (χ1v) is 5.63. The van der Waals surface area contributed by atoms with Gasteiger partial charge in [-0.25, -0.2) is 0 Å². The maximum atomic E-state index is 9.37. The maximum absolute atomic E-state index is 9.37. The second-order valence-corrected chi connectivity index (χ2v) is 4.29. The molecule has 1 aliphatic carbocycles. The summed E-state index contributed by atoms with van der Waals surface area (Å²) in [6, 6.07) is 6.39. The average molecular weight is 221 g/mol. The lowest BCUT2D eigenvalue weighted by molar-refractivity contribution is 0.174. The molecule has 0 amide bonds. The van der Waals surface area contributed by atoms with Gasteiger partial charge < -0.3 is 19.9 Å². The summed E-state index contributed by atoms with van der Waals surface area (Å²) in [6.45, 7) is 0.398. The molecule has 1 aromatic rings. The lowest BCUT2D eigenvalue weighted by atomic mass is 10.1. The van der Waals surface area contributed by atoms with Crippen molar-refractivity contribution in [3.05, 3.63) is 23.8 Å². The van der Waals surface area contributed by atoms with Gasteiger partial charge in [0.1, 0.15) is 0 Å². The van der Waals surface area contributed by atoms with E-state index in [4.69, 9.17) is 9.47 Å². The Morgan fingerprint density at radius 2 is 2.12 bits per heavy atom. The molecule has 2 N–H and O–H groups in total.